The number of halogens is 3. The summed E-state index contributed by atoms with van der Waals surface area (Å²) in [5, 5.41) is 7.22. The minimum atomic E-state index is -4.39. The summed E-state index contributed by atoms with van der Waals surface area (Å²) < 4.78 is 45.8. The Bertz CT molecular complexity index is 1060. The molecule has 31 heavy (non-hydrogen) atoms. The van der Waals surface area contributed by atoms with Gasteiger partial charge < -0.3 is 10.1 Å². The zero-order chi connectivity index (χ0) is 22.0. The lowest BCUT2D eigenvalue weighted by atomic mass is 10.0. The fourth-order valence-corrected chi connectivity index (χ4v) is 3.78. The summed E-state index contributed by atoms with van der Waals surface area (Å²) in [7, 11) is 0. The number of carbonyl (C=O) groups is 1. The van der Waals surface area contributed by atoms with Crippen molar-refractivity contribution < 1.29 is 22.7 Å². The second-order valence-electron chi connectivity index (χ2n) is 7.34. The highest BCUT2D eigenvalue weighted by molar-refractivity contribution is 6.01. The fourth-order valence-electron chi connectivity index (χ4n) is 3.78. The largest absolute Gasteiger partial charge is 0.416 e. The Hall–Kier alpha value is -2.98. The van der Waals surface area contributed by atoms with Crippen LogP contribution in [0.1, 0.15) is 33.2 Å². The number of hydrogen-bond donors (Lipinski definition) is 1. The van der Waals surface area contributed by atoms with Crippen LogP contribution in [0.2, 0.25) is 0 Å². The van der Waals surface area contributed by atoms with Gasteiger partial charge in [-0.25, -0.2) is 9.50 Å². The molecule has 1 N–H and O–H groups in total. The number of rotatable bonds is 5. The molecule has 3 aromatic rings. The SMILES string of the molecule is Cc1nn2cccnc2c1C(=O)NCC(c1ccc(C(F)(F)F)cc1)N1CCOCC1. The van der Waals surface area contributed by atoms with Crippen molar-refractivity contribution >= 4 is 11.6 Å². The Morgan fingerprint density at radius 3 is 2.61 bits per heavy atom. The van der Waals surface area contributed by atoms with E-state index in [1.54, 1.807) is 29.9 Å². The quantitative estimate of drug-likeness (QED) is 0.670. The summed E-state index contributed by atoms with van der Waals surface area (Å²) in [5.41, 5.74) is 1.39. The lowest BCUT2D eigenvalue weighted by Crippen LogP contribution is -2.43. The van der Waals surface area contributed by atoms with Crippen molar-refractivity contribution in [3.05, 3.63) is 65.1 Å². The van der Waals surface area contributed by atoms with Crippen LogP contribution >= 0.6 is 0 Å². The van der Waals surface area contributed by atoms with E-state index in [-0.39, 0.29) is 18.5 Å². The second-order valence-corrected chi connectivity index (χ2v) is 7.34. The van der Waals surface area contributed by atoms with Gasteiger partial charge in [-0.3, -0.25) is 9.69 Å². The van der Waals surface area contributed by atoms with Crippen molar-refractivity contribution in [1.82, 2.24) is 24.8 Å². The third-order valence-electron chi connectivity index (χ3n) is 5.36. The van der Waals surface area contributed by atoms with E-state index in [0.717, 1.165) is 12.1 Å². The highest BCUT2D eigenvalue weighted by atomic mass is 19.4. The van der Waals surface area contributed by atoms with Crippen LogP contribution in [0, 0.1) is 6.92 Å². The van der Waals surface area contributed by atoms with E-state index in [2.05, 4.69) is 20.3 Å². The third kappa shape index (κ3) is 4.54. The predicted octanol–water partition coefficient (Wildman–Crippen LogP) is 2.86. The van der Waals surface area contributed by atoms with Gasteiger partial charge in [-0.15, -0.1) is 0 Å². The van der Waals surface area contributed by atoms with Gasteiger partial charge in [-0.05, 0) is 30.7 Å². The van der Waals surface area contributed by atoms with E-state index in [0.29, 0.717) is 48.8 Å². The van der Waals surface area contributed by atoms with Gasteiger partial charge in [0.05, 0.1) is 30.5 Å². The van der Waals surface area contributed by atoms with E-state index in [9.17, 15) is 18.0 Å². The molecule has 1 aromatic carbocycles. The van der Waals surface area contributed by atoms with Crippen molar-refractivity contribution in [2.75, 3.05) is 32.8 Å². The molecule has 0 radical (unpaired) electrons. The zero-order valence-electron chi connectivity index (χ0n) is 16.9. The van der Waals surface area contributed by atoms with E-state index < -0.39 is 11.7 Å². The first-order chi connectivity index (χ1) is 14.8. The van der Waals surface area contributed by atoms with Crippen molar-refractivity contribution in [2.24, 2.45) is 0 Å². The first-order valence-electron chi connectivity index (χ1n) is 9.91. The number of carbonyl (C=O) groups excluding carboxylic acids is 1. The molecule has 1 unspecified atom stereocenters. The number of aromatic nitrogens is 3. The molecular formula is C21H22F3N5O2. The average Bonchev–Trinajstić information content (AvgIpc) is 3.10. The molecule has 1 amide bonds. The van der Waals surface area contributed by atoms with Crippen molar-refractivity contribution in [1.29, 1.82) is 0 Å². The molecule has 1 atom stereocenters. The minimum Gasteiger partial charge on any atom is -0.379 e. The molecule has 164 valence electrons. The van der Waals surface area contributed by atoms with E-state index in [1.165, 1.54) is 12.1 Å². The molecule has 0 bridgehead atoms. The number of aryl methyl sites for hydroxylation is 1. The Kier molecular flexibility index (Phi) is 5.92. The number of alkyl halides is 3. The Morgan fingerprint density at radius 1 is 1.23 bits per heavy atom. The Labute approximate surface area is 176 Å². The smallest absolute Gasteiger partial charge is 0.379 e. The highest BCUT2D eigenvalue weighted by Crippen LogP contribution is 2.31. The molecule has 1 aliphatic heterocycles. The third-order valence-corrected chi connectivity index (χ3v) is 5.36. The monoisotopic (exact) mass is 433 g/mol. The highest BCUT2D eigenvalue weighted by Gasteiger charge is 2.31. The van der Waals surface area contributed by atoms with Crippen LogP contribution in [0.15, 0.2) is 42.7 Å². The van der Waals surface area contributed by atoms with Crippen LogP contribution in [0.25, 0.3) is 5.65 Å². The standard InChI is InChI=1S/C21H22F3N5O2/c1-14-18(19-25-7-2-8-29(19)27-14)20(30)26-13-17(28-9-11-31-12-10-28)15-3-5-16(6-4-15)21(22,23)24/h2-8,17H,9-13H2,1H3,(H,26,30). The van der Waals surface area contributed by atoms with Gasteiger partial charge in [0.1, 0.15) is 5.56 Å². The van der Waals surface area contributed by atoms with Crippen LogP contribution < -0.4 is 5.32 Å². The van der Waals surface area contributed by atoms with Gasteiger partial charge in [0.15, 0.2) is 5.65 Å². The van der Waals surface area contributed by atoms with Gasteiger partial charge >= 0.3 is 6.18 Å². The maximum Gasteiger partial charge on any atom is 0.416 e. The topological polar surface area (TPSA) is 71.8 Å². The molecular weight excluding hydrogens is 411 g/mol. The molecule has 7 nitrogen and oxygen atoms in total. The van der Waals surface area contributed by atoms with Gasteiger partial charge in [-0.2, -0.15) is 18.3 Å². The lowest BCUT2D eigenvalue weighted by Gasteiger charge is -2.35. The number of nitrogens with one attached hydrogen (secondary N) is 1. The number of fused-ring (bicyclic) bond motifs is 1. The van der Waals surface area contributed by atoms with Crippen molar-refractivity contribution in [2.45, 2.75) is 19.1 Å². The lowest BCUT2D eigenvalue weighted by molar-refractivity contribution is -0.137. The maximum absolute atomic E-state index is 13.0. The molecule has 0 spiro atoms. The molecule has 10 heteroatoms. The van der Waals surface area contributed by atoms with Crippen LogP contribution in [0.5, 0.6) is 0 Å². The van der Waals surface area contributed by atoms with Gasteiger partial charge in [0.2, 0.25) is 0 Å². The van der Waals surface area contributed by atoms with Crippen molar-refractivity contribution in [3.63, 3.8) is 0 Å². The molecule has 2 aromatic heterocycles. The van der Waals surface area contributed by atoms with Crippen LogP contribution in [-0.2, 0) is 10.9 Å². The molecule has 1 saturated heterocycles. The number of amides is 1. The summed E-state index contributed by atoms with van der Waals surface area (Å²) in [5.74, 6) is -0.323. The fraction of sp³-hybridized carbons (Fsp3) is 0.381. The number of ether oxygens (including phenoxy) is 1. The summed E-state index contributed by atoms with van der Waals surface area (Å²) in [4.78, 5) is 19.3. The minimum absolute atomic E-state index is 0.230. The van der Waals surface area contributed by atoms with Crippen molar-refractivity contribution in [3.8, 4) is 0 Å². The number of hydrogen-bond acceptors (Lipinski definition) is 5. The van der Waals surface area contributed by atoms with E-state index in [4.69, 9.17) is 4.74 Å². The predicted molar refractivity (Wildman–Crippen MR) is 107 cm³/mol. The first kappa shape index (κ1) is 21.3. The molecule has 1 fully saturated rings. The van der Waals surface area contributed by atoms with E-state index in [1.807, 2.05) is 0 Å². The first-order valence-corrected chi connectivity index (χ1v) is 9.91. The zero-order valence-corrected chi connectivity index (χ0v) is 16.9. The maximum atomic E-state index is 13.0. The van der Waals surface area contributed by atoms with Gasteiger partial charge in [-0.1, -0.05) is 12.1 Å². The van der Waals surface area contributed by atoms with Gasteiger partial charge in [0.25, 0.3) is 5.91 Å². The molecule has 0 saturated carbocycles. The average molecular weight is 433 g/mol. The molecule has 4 rings (SSSR count). The number of morpholine rings is 1. The Morgan fingerprint density at radius 2 is 1.94 bits per heavy atom. The van der Waals surface area contributed by atoms with E-state index >= 15 is 0 Å². The summed E-state index contributed by atoms with van der Waals surface area (Å²) in [6, 6.07) is 6.52. The number of nitrogens with zero attached hydrogens (tertiary/aromatic N) is 4. The molecule has 3 heterocycles. The van der Waals surface area contributed by atoms with Crippen LogP contribution in [0.4, 0.5) is 13.2 Å². The van der Waals surface area contributed by atoms with Crippen LogP contribution in [-0.4, -0.2) is 58.3 Å². The summed E-state index contributed by atoms with van der Waals surface area (Å²) >= 11 is 0. The second kappa shape index (κ2) is 8.64. The summed E-state index contributed by atoms with van der Waals surface area (Å²) in [6.07, 6.45) is -1.09. The molecule has 0 aliphatic carbocycles. The van der Waals surface area contributed by atoms with Crippen LogP contribution in [0.3, 0.4) is 0 Å². The molecule has 1 aliphatic rings. The number of benzene rings is 1. The summed E-state index contributed by atoms with van der Waals surface area (Å²) in [6.45, 7) is 4.27. The Balaban J connectivity index is 1.56. The normalized spacial score (nSPS) is 16.4. The van der Waals surface area contributed by atoms with Gasteiger partial charge in [0, 0.05) is 32.0 Å².